The number of amides is 1. The molecule has 25 heavy (non-hydrogen) atoms. The molecule has 1 saturated carbocycles. The van der Waals surface area contributed by atoms with Gasteiger partial charge in [0.2, 0.25) is 5.91 Å². The molecule has 0 radical (unpaired) electrons. The maximum Gasteiger partial charge on any atom is 0.251 e. The lowest BCUT2D eigenvalue weighted by molar-refractivity contribution is -0.119. The van der Waals surface area contributed by atoms with Crippen molar-refractivity contribution in [1.82, 2.24) is 15.3 Å². The van der Waals surface area contributed by atoms with Crippen molar-refractivity contribution in [2.24, 2.45) is 0 Å². The van der Waals surface area contributed by atoms with Crippen LogP contribution in [0, 0.1) is 6.92 Å². The van der Waals surface area contributed by atoms with Crippen LogP contribution < -0.4 is 10.9 Å². The van der Waals surface area contributed by atoms with Crippen molar-refractivity contribution in [1.29, 1.82) is 0 Å². The molecule has 5 nitrogen and oxygen atoms in total. The minimum absolute atomic E-state index is 0.0199. The molecule has 5 heteroatoms. The molecular formula is C20H21N3O2. The van der Waals surface area contributed by atoms with Crippen molar-refractivity contribution < 1.29 is 4.79 Å². The van der Waals surface area contributed by atoms with Gasteiger partial charge in [-0.25, -0.2) is 0 Å². The van der Waals surface area contributed by atoms with E-state index in [1.807, 2.05) is 43.5 Å². The third-order valence-electron chi connectivity index (χ3n) is 4.83. The number of aryl methyl sites for hydroxylation is 1. The fourth-order valence-corrected chi connectivity index (χ4v) is 3.26. The van der Waals surface area contributed by atoms with Crippen LogP contribution in [0.25, 0.3) is 5.57 Å². The van der Waals surface area contributed by atoms with E-state index in [-0.39, 0.29) is 17.5 Å². The van der Waals surface area contributed by atoms with E-state index in [0.29, 0.717) is 12.3 Å². The van der Waals surface area contributed by atoms with Crippen LogP contribution in [0.4, 0.5) is 0 Å². The van der Waals surface area contributed by atoms with Crippen LogP contribution in [0.5, 0.6) is 0 Å². The third-order valence-corrected chi connectivity index (χ3v) is 4.83. The zero-order valence-electron chi connectivity index (χ0n) is 14.2. The van der Waals surface area contributed by atoms with Gasteiger partial charge in [0.1, 0.15) is 0 Å². The van der Waals surface area contributed by atoms with Crippen LogP contribution >= 0.6 is 0 Å². The molecule has 1 saturated heterocycles. The Morgan fingerprint density at radius 2 is 2.00 bits per heavy atom. The van der Waals surface area contributed by atoms with Crippen molar-refractivity contribution in [2.45, 2.75) is 44.6 Å². The first kappa shape index (κ1) is 15.8. The van der Waals surface area contributed by atoms with Crippen LogP contribution in [0.2, 0.25) is 0 Å². The van der Waals surface area contributed by atoms with Gasteiger partial charge in [-0.05, 0) is 49.8 Å². The quantitative estimate of drug-likeness (QED) is 0.902. The summed E-state index contributed by atoms with van der Waals surface area (Å²) in [5.74, 6) is 0.479. The molecule has 128 valence electrons. The van der Waals surface area contributed by atoms with Gasteiger partial charge in [-0.1, -0.05) is 18.2 Å². The number of nitrogens with zero attached hydrogens (tertiary/aromatic N) is 1. The normalized spacial score (nSPS) is 20.6. The minimum Gasteiger partial charge on any atom is -0.350 e. The zero-order chi connectivity index (χ0) is 17.4. The van der Waals surface area contributed by atoms with Gasteiger partial charge in [-0.15, -0.1) is 0 Å². The van der Waals surface area contributed by atoms with Gasteiger partial charge in [0, 0.05) is 29.8 Å². The Morgan fingerprint density at radius 1 is 1.16 bits per heavy atom. The Bertz CT molecular complexity index is 892. The van der Waals surface area contributed by atoms with Crippen LogP contribution in [0.15, 0.2) is 41.3 Å². The molecule has 0 spiro atoms. The van der Waals surface area contributed by atoms with Crippen LogP contribution in [0.3, 0.4) is 0 Å². The van der Waals surface area contributed by atoms with Gasteiger partial charge in [-0.2, -0.15) is 0 Å². The van der Waals surface area contributed by atoms with Crippen molar-refractivity contribution in [2.75, 3.05) is 0 Å². The molecule has 0 unspecified atom stereocenters. The molecule has 0 aromatic carbocycles. The second-order valence-corrected chi connectivity index (χ2v) is 6.94. The summed E-state index contributed by atoms with van der Waals surface area (Å²) in [5, 5.41) is 2.95. The number of carbonyl (C=O) groups excluding carboxylic acids is 1. The molecule has 2 aliphatic rings. The molecule has 2 aromatic heterocycles. The molecular weight excluding hydrogens is 314 g/mol. The Labute approximate surface area is 146 Å². The number of carbonyl (C=O) groups is 1. The highest BCUT2D eigenvalue weighted by atomic mass is 16.2. The number of H-pyrrole nitrogens is 1. The Kier molecular flexibility index (Phi) is 3.99. The molecule has 1 aliphatic heterocycles. The Morgan fingerprint density at radius 3 is 2.60 bits per heavy atom. The molecule has 3 heterocycles. The maximum absolute atomic E-state index is 12.4. The van der Waals surface area contributed by atoms with Gasteiger partial charge in [0.15, 0.2) is 0 Å². The summed E-state index contributed by atoms with van der Waals surface area (Å²) >= 11 is 0. The standard InChI is InChI=1S/C20H21N3O2/c1-12-2-7-17(21-11-12)16(10-14-5-9-19(24)22-14)18-8-6-15(13-3-4-13)20(25)23-18/h2,6-8,10-11,13-14H,3-5,9H2,1H3,(H,22,24)(H,23,25)/b16-10+/t14-/m1/s1. The molecule has 1 aliphatic carbocycles. The lowest BCUT2D eigenvalue weighted by Crippen LogP contribution is -2.24. The van der Waals surface area contributed by atoms with Crippen molar-refractivity contribution >= 4 is 11.5 Å². The number of pyridine rings is 2. The molecule has 0 bridgehead atoms. The van der Waals surface area contributed by atoms with Crippen LogP contribution in [-0.4, -0.2) is 21.9 Å². The number of rotatable bonds is 4. The molecule has 2 aromatic rings. The van der Waals surface area contributed by atoms with E-state index in [0.717, 1.165) is 47.4 Å². The summed E-state index contributed by atoms with van der Waals surface area (Å²) in [6.45, 7) is 1.99. The average Bonchev–Trinajstić information content (AvgIpc) is 3.35. The first-order valence-electron chi connectivity index (χ1n) is 8.78. The van der Waals surface area contributed by atoms with E-state index in [4.69, 9.17) is 0 Å². The Hall–Kier alpha value is -2.69. The smallest absolute Gasteiger partial charge is 0.251 e. The topological polar surface area (TPSA) is 74.8 Å². The van der Waals surface area contributed by atoms with Crippen molar-refractivity contribution in [3.63, 3.8) is 0 Å². The number of nitrogens with one attached hydrogen (secondary N) is 2. The van der Waals surface area contributed by atoms with E-state index >= 15 is 0 Å². The molecule has 1 atom stereocenters. The SMILES string of the molecule is Cc1ccc(/C(=C\[C@H]2CCC(=O)N2)c2ccc(C3CC3)c(=O)[nH]2)nc1. The maximum atomic E-state index is 12.4. The van der Waals surface area contributed by atoms with E-state index in [1.165, 1.54) is 0 Å². The molecule has 4 rings (SSSR count). The number of aromatic nitrogens is 2. The van der Waals surface area contributed by atoms with E-state index in [9.17, 15) is 9.59 Å². The van der Waals surface area contributed by atoms with Gasteiger partial charge in [-0.3, -0.25) is 14.6 Å². The van der Waals surface area contributed by atoms with Crippen molar-refractivity contribution in [3.8, 4) is 0 Å². The van der Waals surface area contributed by atoms with E-state index < -0.39 is 0 Å². The fraction of sp³-hybridized carbons (Fsp3) is 0.350. The highest BCUT2D eigenvalue weighted by Gasteiger charge is 2.26. The van der Waals surface area contributed by atoms with E-state index in [2.05, 4.69) is 15.3 Å². The number of hydrogen-bond acceptors (Lipinski definition) is 3. The Balaban J connectivity index is 1.75. The minimum atomic E-state index is -0.0304. The predicted octanol–water partition coefficient (Wildman–Crippen LogP) is 2.67. The summed E-state index contributed by atoms with van der Waals surface area (Å²) in [7, 11) is 0. The summed E-state index contributed by atoms with van der Waals surface area (Å²) in [5.41, 5.74) is 4.32. The monoisotopic (exact) mass is 335 g/mol. The first-order chi connectivity index (χ1) is 12.1. The lowest BCUT2D eigenvalue weighted by Gasteiger charge is -2.12. The molecule has 1 amide bonds. The highest BCUT2D eigenvalue weighted by molar-refractivity contribution is 5.81. The summed E-state index contributed by atoms with van der Waals surface area (Å²) in [4.78, 5) is 31.5. The predicted molar refractivity (Wildman–Crippen MR) is 96.3 cm³/mol. The highest BCUT2D eigenvalue weighted by Crippen LogP contribution is 2.38. The average molecular weight is 335 g/mol. The fourth-order valence-electron chi connectivity index (χ4n) is 3.26. The van der Waals surface area contributed by atoms with Crippen LogP contribution in [0.1, 0.15) is 54.1 Å². The second kappa shape index (κ2) is 6.31. The second-order valence-electron chi connectivity index (χ2n) is 6.94. The number of hydrogen-bond donors (Lipinski definition) is 2. The van der Waals surface area contributed by atoms with Gasteiger partial charge in [0.25, 0.3) is 5.56 Å². The summed E-state index contributed by atoms with van der Waals surface area (Å²) in [6, 6.07) is 7.81. The first-order valence-corrected chi connectivity index (χ1v) is 8.78. The van der Waals surface area contributed by atoms with Gasteiger partial charge < -0.3 is 10.3 Å². The van der Waals surface area contributed by atoms with Crippen LogP contribution in [-0.2, 0) is 4.79 Å². The summed E-state index contributed by atoms with van der Waals surface area (Å²) in [6.07, 6.45) is 7.31. The van der Waals surface area contributed by atoms with Gasteiger partial charge >= 0.3 is 0 Å². The van der Waals surface area contributed by atoms with Crippen molar-refractivity contribution in [3.05, 3.63) is 69.4 Å². The molecule has 2 N–H and O–H groups in total. The largest absolute Gasteiger partial charge is 0.350 e. The zero-order valence-corrected chi connectivity index (χ0v) is 14.2. The third kappa shape index (κ3) is 3.40. The number of aromatic amines is 1. The summed E-state index contributed by atoms with van der Waals surface area (Å²) < 4.78 is 0. The van der Waals surface area contributed by atoms with Gasteiger partial charge in [0.05, 0.1) is 11.4 Å². The van der Waals surface area contributed by atoms with E-state index in [1.54, 1.807) is 0 Å². The molecule has 2 fully saturated rings. The lowest BCUT2D eigenvalue weighted by atomic mass is 10.0.